The maximum atomic E-state index is 13.1. The first-order valence-electron chi connectivity index (χ1n) is 12.9. The summed E-state index contributed by atoms with van der Waals surface area (Å²) in [6.45, 7) is 5.36. The number of hydrogen-bond acceptors (Lipinski definition) is 6. The van der Waals surface area contributed by atoms with Crippen LogP contribution in [-0.4, -0.2) is 91.9 Å². The second-order valence-electron chi connectivity index (χ2n) is 9.51. The van der Waals surface area contributed by atoms with Crippen molar-refractivity contribution in [3.8, 4) is 5.75 Å². The minimum atomic E-state index is -0.903. The Labute approximate surface area is 213 Å². The van der Waals surface area contributed by atoms with Gasteiger partial charge < -0.3 is 30.5 Å². The van der Waals surface area contributed by atoms with Crippen LogP contribution in [0.4, 0.5) is 0 Å². The van der Waals surface area contributed by atoms with Crippen molar-refractivity contribution < 1.29 is 23.9 Å². The topological polar surface area (TPSA) is 120 Å². The van der Waals surface area contributed by atoms with Crippen LogP contribution >= 0.6 is 0 Å². The first-order valence-corrected chi connectivity index (χ1v) is 12.9. The summed E-state index contributed by atoms with van der Waals surface area (Å²) in [4.78, 5) is 55.1. The minimum Gasteiger partial charge on any atom is -0.491 e. The zero-order chi connectivity index (χ0) is 25.9. The summed E-state index contributed by atoms with van der Waals surface area (Å²) in [5.41, 5.74) is 0.293. The van der Waals surface area contributed by atoms with Gasteiger partial charge in [-0.05, 0) is 51.4 Å². The molecule has 10 nitrogen and oxygen atoms in total. The molecule has 3 N–H and O–H groups in total. The van der Waals surface area contributed by atoms with E-state index >= 15 is 0 Å². The van der Waals surface area contributed by atoms with E-state index in [0.717, 1.165) is 19.6 Å². The molecule has 4 amide bonds. The van der Waals surface area contributed by atoms with Crippen LogP contribution in [0, 0.1) is 0 Å². The highest BCUT2D eigenvalue weighted by Crippen LogP contribution is 2.18. The van der Waals surface area contributed by atoms with Gasteiger partial charge in [0.1, 0.15) is 24.4 Å². The number of fused-ring (bicyclic) bond motifs is 1. The second kappa shape index (κ2) is 13.8. The first kappa shape index (κ1) is 27.4. The van der Waals surface area contributed by atoms with E-state index in [1.54, 1.807) is 38.2 Å². The van der Waals surface area contributed by atoms with Gasteiger partial charge in [0.15, 0.2) is 0 Å². The Hall–Kier alpha value is -3.14. The number of ether oxygens (including phenoxy) is 1. The van der Waals surface area contributed by atoms with E-state index in [-0.39, 0.29) is 43.7 Å². The molecule has 198 valence electrons. The van der Waals surface area contributed by atoms with Crippen LogP contribution in [0.15, 0.2) is 24.3 Å². The van der Waals surface area contributed by atoms with Crippen LogP contribution in [0.25, 0.3) is 0 Å². The molecule has 2 atom stereocenters. The summed E-state index contributed by atoms with van der Waals surface area (Å²) in [6, 6.07) is 5.17. The van der Waals surface area contributed by atoms with Crippen molar-refractivity contribution in [1.82, 2.24) is 25.8 Å². The van der Waals surface area contributed by atoms with Crippen LogP contribution in [0.3, 0.4) is 0 Å². The van der Waals surface area contributed by atoms with Crippen LogP contribution in [0.1, 0.15) is 55.8 Å². The van der Waals surface area contributed by atoms with Gasteiger partial charge in [0, 0.05) is 26.6 Å². The zero-order valence-corrected chi connectivity index (χ0v) is 21.4. The van der Waals surface area contributed by atoms with E-state index in [9.17, 15) is 19.2 Å². The van der Waals surface area contributed by atoms with E-state index < -0.39 is 18.0 Å². The quantitative estimate of drug-likeness (QED) is 0.564. The predicted molar refractivity (Wildman–Crippen MR) is 136 cm³/mol. The average Bonchev–Trinajstić information content (AvgIpc) is 3.14. The van der Waals surface area contributed by atoms with Gasteiger partial charge in [-0.25, -0.2) is 0 Å². The fourth-order valence-corrected chi connectivity index (χ4v) is 4.49. The molecule has 0 unspecified atom stereocenters. The summed E-state index contributed by atoms with van der Waals surface area (Å²) >= 11 is 0. The Bertz CT molecular complexity index is 916. The molecule has 2 aliphatic rings. The molecule has 1 aromatic carbocycles. The molecule has 1 aromatic rings. The number of nitrogens with one attached hydrogen (secondary N) is 3. The standard InChI is InChI=1S/C26H39N5O5/c1-19-26(35)30(2)17-18-36-22-10-6-5-9-20(22)24(33)29-21(11-12-23(32)28-19)25(34)27-13-16-31-14-7-3-4-8-15-31/h5-6,9-10,19,21H,3-4,7-8,11-18H2,1-2H3,(H,27,34)(H,28,32)(H,29,33)/t19-,21-/m0/s1. The summed E-state index contributed by atoms with van der Waals surface area (Å²) < 4.78 is 5.80. The molecular weight excluding hydrogens is 462 g/mol. The molecule has 0 saturated carbocycles. The van der Waals surface area contributed by atoms with E-state index in [0.29, 0.717) is 17.9 Å². The molecule has 2 heterocycles. The van der Waals surface area contributed by atoms with Gasteiger partial charge in [0.2, 0.25) is 17.7 Å². The monoisotopic (exact) mass is 501 g/mol. The molecule has 10 heteroatoms. The molecule has 0 radical (unpaired) electrons. The van der Waals surface area contributed by atoms with E-state index in [2.05, 4.69) is 20.9 Å². The fraction of sp³-hybridized carbons (Fsp3) is 0.615. The highest BCUT2D eigenvalue weighted by atomic mass is 16.5. The molecule has 3 rings (SSSR count). The summed E-state index contributed by atoms with van der Waals surface area (Å²) in [6.07, 6.45) is 4.91. The lowest BCUT2D eigenvalue weighted by Gasteiger charge is -2.22. The van der Waals surface area contributed by atoms with Gasteiger partial charge in [-0.1, -0.05) is 25.0 Å². The van der Waals surface area contributed by atoms with E-state index in [1.807, 2.05) is 0 Å². The molecular formula is C26H39N5O5. The second-order valence-corrected chi connectivity index (χ2v) is 9.51. The first-order chi connectivity index (χ1) is 17.3. The highest BCUT2D eigenvalue weighted by Gasteiger charge is 2.26. The van der Waals surface area contributed by atoms with Crippen LogP contribution in [0.2, 0.25) is 0 Å². The number of para-hydroxylation sites is 1. The van der Waals surface area contributed by atoms with Gasteiger partial charge in [-0.15, -0.1) is 0 Å². The smallest absolute Gasteiger partial charge is 0.255 e. The molecule has 0 aliphatic carbocycles. The number of likely N-dealkylation sites (N-methyl/N-ethyl adjacent to an activating group) is 1. The Morgan fingerprint density at radius 2 is 1.78 bits per heavy atom. The SMILES string of the molecule is C[C@@H]1NC(=O)CC[C@@H](C(=O)NCCN2CCCCCC2)NC(=O)c2ccccc2OCCN(C)C1=O. The number of benzene rings is 1. The number of carbonyl (C=O) groups is 4. The van der Waals surface area contributed by atoms with Gasteiger partial charge in [0.25, 0.3) is 5.91 Å². The highest BCUT2D eigenvalue weighted by molar-refractivity contribution is 5.99. The molecule has 1 saturated heterocycles. The van der Waals surface area contributed by atoms with Gasteiger partial charge in [0.05, 0.1) is 12.1 Å². The lowest BCUT2D eigenvalue weighted by molar-refractivity contribution is -0.135. The van der Waals surface area contributed by atoms with Crippen molar-refractivity contribution in [3.05, 3.63) is 29.8 Å². The average molecular weight is 502 g/mol. The van der Waals surface area contributed by atoms with Crippen molar-refractivity contribution in [3.63, 3.8) is 0 Å². The Kier molecular flexibility index (Phi) is 10.5. The maximum absolute atomic E-state index is 13.1. The summed E-state index contributed by atoms with van der Waals surface area (Å²) in [5.74, 6) is -1.02. The normalized spacial score (nSPS) is 23.2. The Balaban J connectivity index is 1.71. The molecule has 36 heavy (non-hydrogen) atoms. The molecule has 0 bridgehead atoms. The Morgan fingerprint density at radius 1 is 1.06 bits per heavy atom. The number of likely N-dealkylation sites (tertiary alicyclic amines) is 1. The van der Waals surface area contributed by atoms with Crippen molar-refractivity contribution in [2.45, 2.75) is 57.5 Å². The van der Waals surface area contributed by atoms with E-state index in [4.69, 9.17) is 4.74 Å². The van der Waals surface area contributed by atoms with Crippen molar-refractivity contribution in [2.75, 3.05) is 46.4 Å². The third kappa shape index (κ3) is 8.22. The number of hydrogen-bond donors (Lipinski definition) is 3. The summed E-state index contributed by atoms with van der Waals surface area (Å²) in [5, 5.41) is 8.40. The largest absolute Gasteiger partial charge is 0.491 e. The Morgan fingerprint density at radius 3 is 2.53 bits per heavy atom. The van der Waals surface area contributed by atoms with Gasteiger partial charge in [-0.2, -0.15) is 0 Å². The van der Waals surface area contributed by atoms with Gasteiger partial charge in [-0.3, -0.25) is 19.2 Å². The van der Waals surface area contributed by atoms with Gasteiger partial charge >= 0.3 is 0 Å². The number of nitrogens with zero attached hydrogens (tertiary/aromatic N) is 2. The lowest BCUT2D eigenvalue weighted by atomic mass is 10.1. The third-order valence-electron chi connectivity index (χ3n) is 6.65. The fourth-order valence-electron chi connectivity index (χ4n) is 4.49. The predicted octanol–water partition coefficient (Wildman–Crippen LogP) is 0.913. The van der Waals surface area contributed by atoms with Crippen LogP contribution in [-0.2, 0) is 14.4 Å². The van der Waals surface area contributed by atoms with Crippen molar-refractivity contribution >= 4 is 23.6 Å². The number of carbonyl (C=O) groups excluding carboxylic acids is 4. The van der Waals surface area contributed by atoms with Crippen LogP contribution in [0.5, 0.6) is 5.75 Å². The van der Waals surface area contributed by atoms with Crippen molar-refractivity contribution in [1.29, 1.82) is 0 Å². The zero-order valence-electron chi connectivity index (χ0n) is 21.4. The summed E-state index contributed by atoms with van der Waals surface area (Å²) in [7, 11) is 1.64. The molecule has 1 fully saturated rings. The lowest BCUT2D eigenvalue weighted by Crippen LogP contribution is -2.49. The minimum absolute atomic E-state index is 0.00995. The van der Waals surface area contributed by atoms with E-state index in [1.165, 1.54) is 30.6 Å². The molecule has 0 aromatic heterocycles. The molecule has 2 aliphatic heterocycles. The number of amides is 4. The third-order valence-corrected chi connectivity index (χ3v) is 6.65. The van der Waals surface area contributed by atoms with Crippen molar-refractivity contribution in [2.24, 2.45) is 0 Å². The maximum Gasteiger partial charge on any atom is 0.255 e. The number of rotatable bonds is 4. The van der Waals surface area contributed by atoms with Crippen LogP contribution < -0.4 is 20.7 Å². The molecule has 0 spiro atoms.